The first kappa shape index (κ1) is 20.1. The molecule has 2 aromatic heterocycles. The third-order valence-corrected chi connectivity index (χ3v) is 5.19. The van der Waals surface area contributed by atoms with Crippen LogP contribution in [0.15, 0.2) is 66.1 Å². The van der Waals surface area contributed by atoms with Crippen molar-refractivity contribution in [1.29, 1.82) is 0 Å². The molecule has 2 heterocycles. The second-order valence-electron chi connectivity index (χ2n) is 6.19. The molecule has 0 saturated heterocycles. The standard InChI is InChI=1S/C21H17ClN4O3S/c1-28-19-10-14(29-15-3-2-8-23-11-15)5-7-17(19)24-20(27)12-30-21-25-16-6-4-13(22)9-18(16)26-21/h2-11H,12H2,1H3,(H,24,27)(H,25,26). The fourth-order valence-corrected chi connectivity index (χ4v) is 3.58. The van der Waals surface area contributed by atoms with Crippen molar-refractivity contribution in [1.82, 2.24) is 15.0 Å². The number of aromatic amines is 1. The first-order valence-electron chi connectivity index (χ1n) is 8.94. The minimum atomic E-state index is -0.183. The Morgan fingerprint density at radius 3 is 2.90 bits per heavy atom. The topological polar surface area (TPSA) is 89.1 Å². The number of hydrogen-bond donors (Lipinski definition) is 2. The highest BCUT2D eigenvalue weighted by Crippen LogP contribution is 2.32. The first-order valence-corrected chi connectivity index (χ1v) is 10.3. The average Bonchev–Trinajstić information content (AvgIpc) is 3.16. The van der Waals surface area contributed by atoms with Gasteiger partial charge in [0.25, 0.3) is 0 Å². The van der Waals surface area contributed by atoms with Gasteiger partial charge in [0, 0.05) is 17.3 Å². The number of H-pyrrole nitrogens is 1. The van der Waals surface area contributed by atoms with Gasteiger partial charge >= 0.3 is 0 Å². The van der Waals surface area contributed by atoms with Crippen molar-refractivity contribution in [2.24, 2.45) is 0 Å². The van der Waals surface area contributed by atoms with Crippen LogP contribution in [0.1, 0.15) is 0 Å². The first-order chi connectivity index (χ1) is 14.6. The van der Waals surface area contributed by atoms with Gasteiger partial charge in [-0.05, 0) is 42.5 Å². The summed E-state index contributed by atoms with van der Waals surface area (Å²) in [5, 5.41) is 4.11. The van der Waals surface area contributed by atoms with E-state index < -0.39 is 0 Å². The molecular weight excluding hydrogens is 424 g/mol. The molecule has 2 N–H and O–H groups in total. The van der Waals surface area contributed by atoms with E-state index in [1.807, 2.05) is 6.07 Å². The molecule has 0 aliphatic rings. The largest absolute Gasteiger partial charge is 0.494 e. The molecule has 4 rings (SSSR count). The van der Waals surface area contributed by atoms with Crippen molar-refractivity contribution in [2.75, 3.05) is 18.2 Å². The second-order valence-corrected chi connectivity index (χ2v) is 7.59. The molecule has 2 aromatic carbocycles. The van der Waals surface area contributed by atoms with E-state index in [0.717, 1.165) is 11.0 Å². The normalized spacial score (nSPS) is 10.7. The van der Waals surface area contributed by atoms with Gasteiger partial charge in [0.2, 0.25) is 5.91 Å². The number of halogens is 1. The number of carbonyl (C=O) groups is 1. The maximum Gasteiger partial charge on any atom is 0.234 e. The molecule has 0 aliphatic carbocycles. The smallest absolute Gasteiger partial charge is 0.234 e. The summed E-state index contributed by atoms with van der Waals surface area (Å²) in [5.74, 6) is 1.68. The van der Waals surface area contributed by atoms with E-state index in [2.05, 4.69) is 20.3 Å². The lowest BCUT2D eigenvalue weighted by Gasteiger charge is -2.12. The number of rotatable bonds is 7. The van der Waals surface area contributed by atoms with Gasteiger partial charge in [-0.2, -0.15) is 0 Å². The Hall–Kier alpha value is -3.23. The van der Waals surface area contributed by atoms with E-state index in [4.69, 9.17) is 21.1 Å². The van der Waals surface area contributed by atoms with Crippen LogP contribution in [0.3, 0.4) is 0 Å². The SMILES string of the molecule is COc1cc(Oc2cccnc2)ccc1NC(=O)CSc1nc2cc(Cl)ccc2[nH]1. The molecule has 152 valence electrons. The summed E-state index contributed by atoms with van der Waals surface area (Å²) in [6.45, 7) is 0. The van der Waals surface area contributed by atoms with Gasteiger partial charge in [0.05, 0.1) is 35.8 Å². The molecule has 0 spiro atoms. The average molecular weight is 441 g/mol. The fourth-order valence-electron chi connectivity index (χ4n) is 2.73. The van der Waals surface area contributed by atoms with Crippen molar-refractivity contribution in [2.45, 2.75) is 5.16 Å². The van der Waals surface area contributed by atoms with Crippen LogP contribution in [-0.2, 0) is 4.79 Å². The maximum atomic E-state index is 12.4. The van der Waals surface area contributed by atoms with Crippen molar-refractivity contribution in [3.05, 3.63) is 65.9 Å². The van der Waals surface area contributed by atoms with Gasteiger partial charge in [-0.1, -0.05) is 23.4 Å². The van der Waals surface area contributed by atoms with Crippen LogP contribution in [0, 0.1) is 0 Å². The van der Waals surface area contributed by atoms with Gasteiger partial charge in [-0.3, -0.25) is 9.78 Å². The van der Waals surface area contributed by atoms with E-state index in [1.54, 1.807) is 54.9 Å². The Labute approximate surface area is 181 Å². The van der Waals surface area contributed by atoms with E-state index in [-0.39, 0.29) is 11.7 Å². The summed E-state index contributed by atoms with van der Waals surface area (Å²) in [4.78, 5) is 24.0. The van der Waals surface area contributed by atoms with Gasteiger partial charge < -0.3 is 19.8 Å². The van der Waals surface area contributed by atoms with Gasteiger partial charge in [0.1, 0.15) is 17.2 Å². The van der Waals surface area contributed by atoms with E-state index in [1.165, 1.54) is 18.9 Å². The monoisotopic (exact) mass is 440 g/mol. The lowest BCUT2D eigenvalue weighted by molar-refractivity contribution is -0.113. The molecule has 7 nitrogen and oxygen atoms in total. The predicted molar refractivity (Wildman–Crippen MR) is 118 cm³/mol. The number of fused-ring (bicyclic) bond motifs is 1. The number of hydrogen-bond acceptors (Lipinski definition) is 6. The Bertz CT molecular complexity index is 1180. The van der Waals surface area contributed by atoms with Crippen LogP contribution in [0.5, 0.6) is 17.2 Å². The van der Waals surface area contributed by atoms with Gasteiger partial charge in [0.15, 0.2) is 5.16 Å². The Balaban J connectivity index is 1.39. The number of pyridine rings is 1. The molecule has 0 saturated carbocycles. The number of nitrogens with zero attached hydrogens (tertiary/aromatic N) is 2. The molecule has 0 unspecified atom stereocenters. The number of imidazole rings is 1. The molecule has 0 fully saturated rings. The summed E-state index contributed by atoms with van der Waals surface area (Å²) in [7, 11) is 1.53. The Morgan fingerprint density at radius 1 is 1.20 bits per heavy atom. The molecule has 1 amide bonds. The molecule has 0 aliphatic heterocycles. The Morgan fingerprint density at radius 2 is 2.10 bits per heavy atom. The number of anilines is 1. The predicted octanol–water partition coefficient (Wildman–Crippen LogP) is 5.14. The van der Waals surface area contributed by atoms with Crippen molar-refractivity contribution in [3.63, 3.8) is 0 Å². The second kappa shape index (κ2) is 9.06. The van der Waals surface area contributed by atoms with Crippen LogP contribution in [0.4, 0.5) is 5.69 Å². The summed E-state index contributed by atoms with van der Waals surface area (Å²) in [5.41, 5.74) is 2.18. The highest BCUT2D eigenvalue weighted by Gasteiger charge is 2.12. The van der Waals surface area contributed by atoms with Crippen LogP contribution < -0.4 is 14.8 Å². The van der Waals surface area contributed by atoms with Gasteiger partial charge in [-0.15, -0.1) is 0 Å². The number of ether oxygens (including phenoxy) is 2. The van der Waals surface area contributed by atoms with E-state index in [9.17, 15) is 4.79 Å². The van der Waals surface area contributed by atoms with Crippen LogP contribution in [0.2, 0.25) is 5.02 Å². The van der Waals surface area contributed by atoms with Gasteiger partial charge in [-0.25, -0.2) is 4.98 Å². The van der Waals surface area contributed by atoms with Crippen molar-refractivity contribution >= 4 is 46.0 Å². The van der Waals surface area contributed by atoms with Crippen molar-refractivity contribution in [3.8, 4) is 17.2 Å². The number of nitrogens with one attached hydrogen (secondary N) is 2. The van der Waals surface area contributed by atoms with Crippen LogP contribution in [0.25, 0.3) is 11.0 Å². The number of benzene rings is 2. The van der Waals surface area contributed by atoms with E-state index in [0.29, 0.717) is 33.1 Å². The maximum absolute atomic E-state index is 12.4. The lowest BCUT2D eigenvalue weighted by atomic mass is 10.2. The summed E-state index contributed by atoms with van der Waals surface area (Å²) in [6, 6.07) is 14.2. The third-order valence-electron chi connectivity index (χ3n) is 4.08. The van der Waals surface area contributed by atoms with Crippen molar-refractivity contribution < 1.29 is 14.3 Å². The number of carbonyl (C=O) groups excluding carboxylic acids is 1. The van der Waals surface area contributed by atoms with E-state index >= 15 is 0 Å². The summed E-state index contributed by atoms with van der Waals surface area (Å²) >= 11 is 7.29. The highest BCUT2D eigenvalue weighted by molar-refractivity contribution is 7.99. The lowest BCUT2D eigenvalue weighted by Crippen LogP contribution is -2.14. The highest BCUT2D eigenvalue weighted by atomic mass is 35.5. The summed E-state index contributed by atoms with van der Waals surface area (Å²) in [6.07, 6.45) is 3.29. The zero-order valence-electron chi connectivity index (χ0n) is 15.9. The van der Waals surface area contributed by atoms with Crippen LogP contribution in [-0.4, -0.2) is 33.7 Å². The zero-order valence-corrected chi connectivity index (χ0v) is 17.5. The molecule has 9 heteroatoms. The molecule has 4 aromatic rings. The zero-order chi connectivity index (χ0) is 20.9. The number of methoxy groups -OCH3 is 1. The number of aromatic nitrogens is 3. The minimum Gasteiger partial charge on any atom is -0.494 e. The third kappa shape index (κ3) is 4.84. The fraction of sp³-hybridized carbons (Fsp3) is 0.0952. The molecule has 0 bridgehead atoms. The number of amides is 1. The molecule has 0 radical (unpaired) electrons. The number of thioether (sulfide) groups is 1. The Kier molecular flexibility index (Phi) is 6.06. The molecule has 0 atom stereocenters. The minimum absolute atomic E-state index is 0.183. The van der Waals surface area contributed by atoms with Crippen LogP contribution >= 0.6 is 23.4 Å². The summed E-state index contributed by atoms with van der Waals surface area (Å²) < 4.78 is 11.1. The molecule has 30 heavy (non-hydrogen) atoms. The quantitative estimate of drug-likeness (QED) is 0.386. The molecular formula is C21H17ClN4O3S.